The van der Waals surface area contributed by atoms with Crippen LogP contribution in [0.5, 0.6) is 0 Å². The fourth-order valence-electron chi connectivity index (χ4n) is 1.93. The molecule has 0 aliphatic rings. The molecule has 0 heterocycles. The van der Waals surface area contributed by atoms with Crippen molar-refractivity contribution in [1.29, 1.82) is 0 Å². The van der Waals surface area contributed by atoms with E-state index in [2.05, 4.69) is 53.9 Å². The van der Waals surface area contributed by atoms with E-state index >= 15 is 0 Å². The van der Waals surface area contributed by atoms with E-state index < -0.39 is 0 Å². The number of rotatable bonds is 7. The van der Waals surface area contributed by atoms with Crippen molar-refractivity contribution in [3.63, 3.8) is 0 Å². The molecular formula is C15H33N. The predicted octanol–water partition coefficient (Wildman–Crippen LogP) is 4.47. The molecule has 0 saturated carbocycles. The van der Waals surface area contributed by atoms with Gasteiger partial charge in [-0.25, -0.2) is 0 Å². The van der Waals surface area contributed by atoms with Crippen LogP contribution in [0.15, 0.2) is 0 Å². The van der Waals surface area contributed by atoms with E-state index in [-0.39, 0.29) is 0 Å². The van der Waals surface area contributed by atoms with E-state index in [4.69, 9.17) is 0 Å². The molecule has 0 radical (unpaired) electrons. The van der Waals surface area contributed by atoms with Gasteiger partial charge in [-0.3, -0.25) is 0 Å². The Labute approximate surface area is 103 Å². The summed E-state index contributed by atoms with van der Waals surface area (Å²) in [4.78, 5) is 0. The van der Waals surface area contributed by atoms with Gasteiger partial charge >= 0.3 is 0 Å². The van der Waals surface area contributed by atoms with Crippen LogP contribution in [-0.4, -0.2) is 13.1 Å². The van der Waals surface area contributed by atoms with Crippen molar-refractivity contribution in [1.82, 2.24) is 5.32 Å². The van der Waals surface area contributed by atoms with Gasteiger partial charge in [0.15, 0.2) is 0 Å². The van der Waals surface area contributed by atoms with E-state index in [1.54, 1.807) is 0 Å². The van der Waals surface area contributed by atoms with E-state index in [0.717, 1.165) is 11.8 Å². The highest BCUT2D eigenvalue weighted by Gasteiger charge is 2.22. The molecular weight excluding hydrogens is 194 g/mol. The lowest BCUT2D eigenvalue weighted by Crippen LogP contribution is -2.31. The van der Waals surface area contributed by atoms with Crippen LogP contribution in [0.3, 0.4) is 0 Å². The van der Waals surface area contributed by atoms with Gasteiger partial charge in [0, 0.05) is 6.04 Å². The minimum atomic E-state index is 0.438. The topological polar surface area (TPSA) is 12.0 Å². The molecule has 1 N–H and O–H groups in total. The van der Waals surface area contributed by atoms with Crippen LogP contribution >= 0.6 is 0 Å². The molecule has 0 spiro atoms. The molecule has 0 amide bonds. The van der Waals surface area contributed by atoms with Crippen LogP contribution in [0.2, 0.25) is 0 Å². The molecule has 0 aliphatic heterocycles. The fraction of sp³-hybridized carbons (Fsp3) is 1.00. The molecule has 16 heavy (non-hydrogen) atoms. The van der Waals surface area contributed by atoms with E-state index in [0.29, 0.717) is 11.5 Å². The third-order valence-electron chi connectivity index (χ3n) is 3.86. The van der Waals surface area contributed by atoms with Gasteiger partial charge in [-0.2, -0.15) is 0 Å². The molecule has 0 fully saturated rings. The second-order valence-corrected chi connectivity index (χ2v) is 6.81. The van der Waals surface area contributed by atoms with E-state index in [1.165, 1.54) is 25.7 Å². The standard InChI is InChI=1S/C15H33N/c1-12(2)9-8-10-14(16-7)11-13(3)15(4,5)6/h12-14,16H,8-11H2,1-7H3. The van der Waals surface area contributed by atoms with Gasteiger partial charge in [-0.15, -0.1) is 0 Å². The zero-order valence-corrected chi connectivity index (χ0v) is 12.6. The molecule has 0 aromatic carbocycles. The molecule has 0 aliphatic carbocycles. The Morgan fingerprint density at radius 3 is 1.94 bits per heavy atom. The zero-order valence-electron chi connectivity index (χ0n) is 12.6. The number of nitrogens with one attached hydrogen (secondary N) is 1. The molecule has 2 unspecified atom stereocenters. The first kappa shape index (κ1) is 16.0. The minimum Gasteiger partial charge on any atom is -0.317 e. The van der Waals surface area contributed by atoms with Gasteiger partial charge < -0.3 is 5.32 Å². The largest absolute Gasteiger partial charge is 0.317 e. The summed E-state index contributed by atoms with van der Waals surface area (Å²) >= 11 is 0. The minimum absolute atomic E-state index is 0.438. The lowest BCUT2D eigenvalue weighted by atomic mass is 9.78. The normalized spacial score (nSPS) is 16.5. The summed E-state index contributed by atoms with van der Waals surface area (Å²) in [6.07, 6.45) is 5.36. The quantitative estimate of drug-likeness (QED) is 0.676. The summed E-state index contributed by atoms with van der Waals surface area (Å²) in [5.41, 5.74) is 0.438. The summed E-state index contributed by atoms with van der Waals surface area (Å²) in [7, 11) is 2.11. The Morgan fingerprint density at radius 1 is 1.00 bits per heavy atom. The highest BCUT2D eigenvalue weighted by Crippen LogP contribution is 2.29. The van der Waals surface area contributed by atoms with Crippen molar-refractivity contribution < 1.29 is 0 Å². The van der Waals surface area contributed by atoms with Crippen LogP contribution in [0.4, 0.5) is 0 Å². The number of hydrogen-bond donors (Lipinski definition) is 1. The second-order valence-electron chi connectivity index (χ2n) is 6.81. The summed E-state index contributed by atoms with van der Waals surface area (Å²) in [5.74, 6) is 1.63. The van der Waals surface area contributed by atoms with Gasteiger partial charge in [-0.05, 0) is 37.1 Å². The first-order valence-electron chi connectivity index (χ1n) is 6.94. The van der Waals surface area contributed by atoms with Gasteiger partial charge in [0.05, 0.1) is 0 Å². The lowest BCUT2D eigenvalue weighted by Gasteiger charge is -2.30. The Bertz CT molecular complexity index is 167. The summed E-state index contributed by atoms with van der Waals surface area (Å²) in [6.45, 7) is 14.0. The Balaban J connectivity index is 3.91. The molecule has 1 nitrogen and oxygen atoms in total. The van der Waals surface area contributed by atoms with Gasteiger partial charge in [0.2, 0.25) is 0 Å². The monoisotopic (exact) mass is 227 g/mol. The van der Waals surface area contributed by atoms with Crippen LogP contribution in [-0.2, 0) is 0 Å². The Morgan fingerprint density at radius 2 is 1.56 bits per heavy atom. The van der Waals surface area contributed by atoms with E-state index in [9.17, 15) is 0 Å². The summed E-state index contributed by atoms with van der Waals surface area (Å²) in [6, 6.07) is 0.702. The molecule has 0 aromatic rings. The van der Waals surface area contributed by atoms with Crippen LogP contribution < -0.4 is 5.32 Å². The van der Waals surface area contributed by atoms with Crippen molar-refractivity contribution in [3.05, 3.63) is 0 Å². The van der Waals surface area contributed by atoms with Crippen molar-refractivity contribution in [2.75, 3.05) is 7.05 Å². The highest BCUT2D eigenvalue weighted by molar-refractivity contribution is 4.76. The molecule has 0 bridgehead atoms. The third-order valence-corrected chi connectivity index (χ3v) is 3.86. The van der Waals surface area contributed by atoms with Gasteiger partial charge in [0.25, 0.3) is 0 Å². The summed E-state index contributed by atoms with van der Waals surface area (Å²) in [5, 5.41) is 3.48. The van der Waals surface area contributed by atoms with Crippen molar-refractivity contribution in [2.24, 2.45) is 17.3 Å². The molecule has 0 saturated heterocycles. The predicted molar refractivity (Wildman–Crippen MR) is 74.8 cm³/mol. The summed E-state index contributed by atoms with van der Waals surface area (Å²) < 4.78 is 0. The first-order chi connectivity index (χ1) is 7.27. The van der Waals surface area contributed by atoms with Crippen molar-refractivity contribution >= 4 is 0 Å². The SMILES string of the molecule is CNC(CCCC(C)C)CC(C)C(C)(C)C. The molecule has 2 atom stereocenters. The van der Waals surface area contributed by atoms with Crippen LogP contribution in [0.25, 0.3) is 0 Å². The smallest absolute Gasteiger partial charge is 0.00668 e. The first-order valence-corrected chi connectivity index (χ1v) is 6.94. The maximum atomic E-state index is 3.48. The molecule has 1 heteroatoms. The van der Waals surface area contributed by atoms with Gasteiger partial charge in [0.1, 0.15) is 0 Å². The van der Waals surface area contributed by atoms with Crippen molar-refractivity contribution in [3.8, 4) is 0 Å². The maximum Gasteiger partial charge on any atom is 0.00668 e. The third kappa shape index (κ3) is 7.27. The fourth-order valence-corrected chi connectivity index (χ4v) is 1.93. The molecule has 98 valence electrons. The van der Waals surface area contributed by atoms with Crippen LogP contribution in [0, 0.1) is 17.3 Å². The molecule has 0 rings (SSSR count). The lowest BCUT2D eigenvalue weighted by molar-refractivity contribution is 0.220. The highest BCUT2D eigenvalue weighted by atomic mass is 14.9. The average Bonchev–Trinajstić information content (AvgIpc) is 2.13. The molecule has 0 aromatic heterocycles. The average molecular weight is 227 g/mol. The Hall–Kier alpha value is -0.0400. The zero-order chi connectivity index (χ0) is 12.8. The van der Waals surface area contributed by atoms with Crippen LogP contribution in [0.1, 0.15) is 67.2 Å². The maximum absolute atomic E-state index is 3.48. The second kappa shape index (κ2) is 7.32. The van der Waals surface area contributed by atoms with Gasteiger partial charge in [-0.1, -0.05) is 54.4 Å². The van der Waals surface area contributed by atoms with Crippen molar-refractivity contribution in [2.45, 2.75) is 73.3 Å². The Kier molecular flexibility index (Phi) is 7.30. The van der Waals surface area contributed by atoms with E-state index in [1.807, 2.05) is 0 Å². The number of hydrogen-bond acceptors (Lipinski definition) is 1.